The second kappa shape index (κ2) is 8.64. The first kappa shape index (κ1) is 19.5. The van der Waals surface area contributed by atoms with Crippen LogP contribution < -0.4 is 10.6 Å². The average Bonchev–Trinajstić information content (AvgIpc) is 3.12. The first-order chi connectivity index (χ1) is 13.4. The molecule has 3 N–H and O–H groups in total. The molecular formula is C19H14ClN3O4S. The first-order valence-corrected chi connectivity index (χ1v) is 9.31. The summed E-state index contributed by atoms with van der Waals surface area (Å²) < 4.78 is 0. The zero-order valence-electron chi connectivity index (χ0n) is 14.3. The zero-order chi connectivity index (χ0) is 20.1. The Morgan fingerprint density at radius 2 is 1.82 bits per heavy atom. The number of anilines is 2. The van der Waals surface area contributed by atoms with Crippen molar-refractivity contribution in [2.24, 2.45) is 0 Å². The van der Waals surface area contributed by atoms with E-state index >= 15 is 0 Å². The molecule has 1 heterocycles. The number of carboxylic acid groups (broad SMARTS) is 1. The molecule has 0 aliphatic rings. The standard InChI is InChI=1S/C19H14ClN3O4S/c20-14-7-6-12(9-13(14)18(26)27)21-17(25)15-10-28-19(22-15)23-16(24)8-11-4-2-1-3-5-11/h1-7,9-10H,8H2,(H,21,25)(H,26,27)(H,22,23,24). The highest BCUT2D eigenvalue weighted by Crippen LogP contribution is 2.22. The molecule has 0 radical (unpaired) electrons. The molecule has 0 bridgehead atoms. The highest BCUT2D eigenvalue weighted by molar-refractivity contribution is 7.14. The number of carboxylic acids is 1. The van der Waals surface area contributed by atoms with E-state index in [0.29, 0.717) is 5.13 Å². The molecule has 2 aromatic carbocycles. The minimum atomic E-state index is -1.20. The van der Waals surface area contributed by atoms with Crippen LogP contribution >= 0.6 is 22.9 Å². The van der Waals surface area contributed by atoms with E-state index in [1.807, 2.05) is 30.3 Å². The normalized spacial score (nSPS) is 10.3. The Kier molecular flexibility index (Phi) is 6.03. The molecule has 28 heavy (non-hydrogen) atoms. The fourth-order valence-electron chi connectivity index (χ4n) is 2.34. The van der Waals surface area contributed by atoms with Gasteiger partial charge in [-0.05, 0) is 23.8 Å². The number of benzene rings is 2. The number of thiazole rings is 1. The fourth-order valence-corrected chi connectivity index (χ4v) is 3.25. The lowest BCUT2D eigenvalue weighted by Crippen LogP contribution is -2.15. The Bertz CT molecular complexity index is 1040. The quantitative estimate of drug-likeness (QED) is 0.565. The zero-order valence-corrected chi connectivity index (χ0v) is 15.9. The number of hydrogen-bond donors (Lipinski definition) is 3. The Morgan fingerprint density at radius 3 is 2.54 bits per heavy atom. The minimum absolute atomic E-state index is 0.0718. The summed E-state index contributed by atoms with van der Waals surface area (Å²) in [5, 5.41) is 16.2. The maximum Gasteiger partial charge on any atom is 0.337 e. The number of nitrogens with zero attached hydrogens (tertiary/aromatic N) is 1. The van der Waals surface area contributed by atoms with Crippen LogP contribution in [0.1, 0.15) is 26.4 Å². The highest BCUT2D eigenvalue weighted by Gasteiger charge is 2.15. The smallest absolute Gasteiger partial charge is 0.337 e. The molecule has 7 nitrogen and oxygen atoms in total. The lowest BCUT2D eigenvalue weighted by molar-refractivity contribution is -0.115. The van der Waals surface area contributed by atoms with Crippen molar-refractivity contribution in [2.75, 3.05) is 10.6 Å². The van der Waals surface area contributed by atoms with Gasteiger partial charge in [-0.15, -0.1) is 11.3 Å². The van der Waals surface area contributed by atoms with Crippen LogP contribution in [0.15, 0.2) is 53.9 Å². The van der Waals surface area contributed by atoms with Crippen molar-refractivity contribution in [2.45, 2.75) is 6.42 Å². The monoisotopic (exact) mass is 415 g/mol. The lowest BCUT2D eigenvalue weighted by atomic mass is 10.1. The number of nitrogens with one attached hydrogen (secondary N) is 2. The topological polar surface area (TPSA) is 108 Å². The first-order valence-electron chi connectivity index (χ1n) is 8.06. The minimum Gasteiger partial charge on any atom is -0.478 e. The summed E-state index contributed by atoms with van der Waals surface area (Å²) >= 11 is 6.93. The van der Waals surface area contributed by atoms with Crippen LogP contribution in [-0.2, 0) is 11.2 Å². The van der Waals surface area contributed by atoms with Crippen molar-refractivity contribution < 1.29 is 19.5 Å². The predicted molar refractivity (Wildman–Crippen MR) is 107 cm³/mol. The molecule has 3 aromatic rings. The van der Waals surface area contributed by atoms with Crippen LogP contribution in [0.25, 0.3) is 0 Å². The second-order valence-electron chi connectivity index (χ2n) is 5.70. The van der Waals surface area contributed by atoms with E-state index in [1.54, 1.807) is 0 Å². The number of aromatic nitrogens is 1. The number of carbonyl (C=O) groups excluding carboxylic acids is 2. The number of amides is 2. The molecule has 1 aromatic heterocycles. The maximum absolute atomic E-state index is 12.3. The molecule has 0 fully saturated rings. The van der Waals surface area contributed by atoms with E-state index in [-0.39, 0.29) is 34.3 Å². The van der Waals surface area contributed by atoms with Gasteiger partial charge >= 0.3 is 5.97 Å². The lowest BCUT2D eigenvalue weighted by Gasteiger charge is -2.06. The molecule has 0 aliphatic heterocycles. The second-order valence-corrected chi connectivity index (χ2v) is 6.97. The number of halogens is 1. The summed E-state index contributed by atoms with van der Waals surface area (Å²) in [4.78, 5) is 39.6. The largest absolute Gasteiger partial charge is 0.478 e. The van der Waals surface area contributed by atoms with E-state index in [9.17, 15) is 14.4 Å². The molecule has 0 unspecified atom stereocenters. The number of carbonyl (C=O) groups is 3. The molecule has 3 rings (SSSR count). The molecule has 0 saturated heterocycles. The summed E-state index contributed by atoms with van der Waals surface area (Å²) in [6.07, 6.45) is 0.199. The van der Waals surface area contributed by atoms with Gasteiger partial charge in [-0.25, -0.2) is 9.78 Å². The van der Waals surface area contributed by atoms with Gasteiger partial charge in [0.25, 0.3) is 5.91 Å². The van der Waals surface area contributed by atoms with Gasteiger partial charge in [0, 0.05) is 11.1 Å². The molecule has 142 valence electrons. The van der Waals surface area contributed by atoms with Crippen molar-refractivity contribution in [3.63, 3.8) is 0 Å². The Labute approximate surface area is 169 Å². The van der Waals surface area contributed by atoms with Crippen LogP contribution in [0.5, 0.6) is 0 Å². The summed E-state index contributed by atoms with van der Waals surface area (Å²) in [6.45, 7) is 0. The summed E-state index contributed by atoms with van der Waals surface area (Å²) in [5.74, 6) is -1.96. The van der Waals surface area contributed by atoms with Crippen molar-refractivity contribution in [1.82, 2.24) is 4.98 Å². The van der Waals surface area contributed by atoms with Crippen molar-refractivity contribution in [1.29, 1.82) is 0 Å². The van der Waals surface area contributed by atoms with E-state index in [2.05, 4.69) is 15.6 Å². The van der Waals surface area contributed by atoms with Gasteiger partial charge in [0.2, 0.25) is 5.91 Å². The third kappa shape index (κ3) is 4.93. The van der Waals surface area contributed by atoms with Gasteiger partial charge in [0.15, 0.2) is 5.13 Å². The van der Waals surface area contributed by atoms with Gasteiger partial charge in [-0.3, -0.25) is 9.59 Å². The number of hydrogen-bond acceptors (Lipinski definition) is 5. The van der Waals surface area contributed by atoms with Gasteiger partial charge < -0.3 is 15.7 Å². The maximum atomic E-state index is 12.3. The van der Waals surface area contributed by atoms with E-state index < -0.39 is 11.9 Å². The molecule has 0 atom stereocenters. The van der Waals surface area contributed by atoms with Gasteiger partial charge in [-0.2, -0.15) is 0 Å². The van der Waals surface area contributed by atoms with Gasteiger partial charge in [0.1, 0.15) is 5.69 Å². The summed E-state index contributed by atoms with van der Waals surface area (Å²) in [5.41, 5.74) is 1.12. The van der Waals surface area contributed by atoms with Gasteiger partial charge in [0.05, 0.1) is 17.0 Å². The SMILES string of the molecule is O=C(Cc1ccccc1)Nc1nc(C(=O)Nc2ccc(Cl)c(C(=O)O)c2)cs1. The summed E-state index contributed by atoms with van der Waals surface area (Å²) in [7, 11) is 0. The van der Waals surface area contributed by atoms with E-state index in [1.165, 1.54) is 23.6 Å². The Balaban J connectivity index is 1.63. The molecule has 9 heteroatoms. The van der Waals surface area contributed by atoms with Crippen LogP contribution in [0.3, 0.4) is 0 Å². The molecular weight excluding hydrogens is 402 g/mol. The highest BCUT2D eigenvalue weighted by atomic mass is 35.5. The molecule has 0 saturated carbocycles. The van der Waals surface area contributed by atoms with Crippen molar-refractivity contribution in [3.05, 3.63) is 75.8 Å². The van der Waals surface area contributed by atoms with E-state index in [0.717, 1.165) is 16.9 Å². The number of aromatic carboxylic acids is 1. The molecule has 0 spiro atoms. The third-order valence-electron chi connectivity index (χ3n) is 3.65. The molecule has 0 aliphatic carbocycles. The van der Waals surface area contributed by atoms with Crippen molar-refractivity contribution >= 4 is 51.5 Å². The Morgan fingerprint density at radius 1 is 1.07 bits per heavy atom. The predicted octanol–water partition coefficient (Wildman–Crippen LogP) is 3.93. The summed E-state index contributed by atoms with van der Waals surface area (Å²) in [6, 6.07) is 13.4. The van der Waals surface area contributed by atoms with Crippen LogP contribution in [-0.4, -0.2) is 27.9 Å². The Hall–Kier alpha value is -3.23. The average molecular weight is 416 g/mol. The van der Waals surface area contributed by atoms with Gasteiger partial charge in [-0.1, -0.05) is 41.9 Å². The molecule has 2 amide bonds. The van der Waals surface area contributed by atoms with Crippen LogP contribution in [0, 0.1) is 0 Å². The number of rotatable bonds is 6. The van der Waals surface area contributed by atoms with E-state index in [4.69, 9.17) is 16.7 Å². The fraction of sp³-hybridized carbons (Fsp3) is 0.0526. The van der Waals surface area contributed by atoms with Crippen LogP contribution in [0.4, 0.5) is 10.8 Å². The third-order valence-corrected chi connectivity index (χ3v) is 4.73. The van der Waals surface area contributed by atoms with Crippen molar-refractivity contribution in [3.8, 4) is 0 Å². The van der Waals surface area contributed by atoms with Crippen LogP contribution in [0.2, 0.25) is 5.02 Å².